The molecule has 0 aliphatic heterocycles. The van der Waals surface area contributed by atoms with E-state index in [-0.39, 0.29) is 21.2 Å². The number of amides is 1. The number of aryl methyl sites for hydroxylation is 1. The average molecular weight is 510 g/mol. The minimum Gasteiger partial charge on any atom is -0.497 e. The number of carbonyl (C=O) groups excluding carboxylic acids is 1. The quantitative estimate of drug-likeness (QED) is 0.271. The van der Waals surface area contributed by atoms with Gasteiger partial charge in [0.25, 0.3) is 5.91 Å². The van der Waals surface area contributed by atoms with Crippen molar-refractivity contribution in [1.29, 1.82) is 0 Å². The maximum Gasteiger partial charge on any atom is 0.276 e. The average Bonchev–Trinajstić information content (AvgIpc) is 3.42. The van der Waals surface area contributed by atoms with Gasteiger partial charge in [-0.05, 0) is 78.0 Å². The van der Waals surface area contributed by atoms with E-state index in [1.807, 2.05) is 30.5 Å². The van der Waals surface area contributed by atoms with Crippen molar-refractivity contribution in [2.45, 2.75) is 16.8 Å². The third-order valence-corrected chi connectivity index (χ3v) is 8.16. The molecule has 0 atom stereocenters. The molecule has 0 fully saturated rings. The minimum atomic E-state index is -4.00. The lowest BCUT2D eigenvalue weighted by Gasteiger charge is -2.26. The van der Waals surface area contributed by atoms with E-state index in [2.05, 4.69) is 4.98 Å². The molecule has 180 valence electrons. The Bertz CT molecular complexity index is 1470. The topological polar surface area (TPSA) is 109 Å². The number of methoxy groups -OCH3 is 1. The number of aromatic nitrogens is 1. The summed E-state index contributed by atoms with van der Waals surface area (Å²) in [5, 5.41) is 11.2. The Hall–Kier alpha value is -3.73. The van der Waals surface area contributed by atoms with Crippen LogP contribution in [0.15, 0.2) is 82.2 Å². The normalized spacial score (nSPS) is 11.2. The lowest BCUT2D eigenvalue weighted by atomic mass is 10.0. The van der Waals surface area contributed by atoms with Crippen molar-refractivity contribution in [2.75, 3.05) is 19.1 Å². The summed E-state index contributed by atoms with van der Waals surface area (Å²) in [5.41, 5.74) is 4.14. The first-order valence-electron chi connectivity index (χ1n) is 10.5. The molecule has 2 aromatic carbocycles. The summed E-state index contributed by atoms with van der Waals surface area (Å²) >= 11 is 1.52. The SMILES string of the molecule is COc1ccc(S(=O)(=O)c2ncccc2N(C)c2c(C)cc(-c3cccs3)cc2C(=O)NO)cc1. The number of hydroxylamine groups is 1. The molecule has 35 heavy (non-hydrogen) atoms. The highest BCUT2D eigenvalue weighted by atomic mass is 32.2. The fourth-order valence-corrected chi connectivity index (χ4v) is 5.99. The van der Waals surface area contributed by atoms with Crippen LogP contribution in [-0.2, 0) is 9.84 Å². The first-order chi connectivity index (χ1) is 16.8. The van der Waals surface area contributed by atoms with Crippen LogP contribution in [0.5, 0.6) is 5.75 Å². The van der Waals surface area contributed by atoms with E-state index in [0.717, 1.165) is 10.4 Å². The highest BCUT2D eigenvalue weighted by molar-refractivity contribution is 7.91. The second-order valence-corrected chi connectivity index (χ2v) is 10.5. The maximum absolute atomic E-state index is 13.5. The Labute approximate surface area is 207 Å². The van der Waals surface area contributed by atoms with Gasteiger partial charge < -0.3 is 9.64 Å². The first-order valence-corrected chi connectivity index (χ1v) is 12.8. The Morgan fingerprint density at radius 2 is 1.86 bits per heavy atom. The number of hydrogen-bond acceptors (Lipinski definition) is 8. The summed E-state index contributed by atoms with van der Waals surface area (Å²) < 4.78 is 32.2. The van der Waals surface area contributed by atoms with Gasteiger partial charge in [-0.2, -0.15) is 0 Å². The molecular formula is C25H23N3O5S2. The van der Waals surface area contributed by atoms with Crippen LogP contribution in [0.1, 0.15) is 15.9 Å². The zero-order chi connectivity index (χ0) is 25.2. The minimum absolute atomic E-state index is 0.0599. The van der Waals surface area contributed by atoms with Crippen LogP contribution >= 0.6 is 11.3 Å². The summed E-state index contributed by atoms with van der Waals surface area (Å²) in [6.07, 6.45) is 1.40. The number of thiophene rings is 1. The van der Waals surface area contributed by atoms with Crippen molar-refractivity contribution in [3.8, 4) is 16.2 Å². The zero-order valence-corrected chi connectivity index (χ0v) is 20.9. The van der Waals surface area contributed by atoms with Gasteiger partial charge in [0.2, 0.25) is 9.84 Å². The van der Waals surface area contributed by atoms with Crippen molar-refractivity contribution >= 4 is 38.5 Å². The van der Waals surface area contributed by atoms with Crippen LogP contribution in [0.3, 0.4) is 0 Å². The molecule has 0 radical (unpaired) electrons. The molecule has 0 saturated heterocycles. The summed E-state index contributed by atoms with van der Waals surface area (Å²) in [4.78, 5) is 19.5. The van der Waals surface area contributed by atoms with Crippen molar-refractivity contribution in [3.63, 3.8) is 0 Å². The van der Waals surface area contributed by atoms with Crippen LogP contribution in [0.25, 0.3) is 10.4 Å². The van der Waals surface area contributed by atoms with Crippen LogP contribution in [-0.4, -0.2) is 38.7 Å². The van der Waals surface area contributed by atoms with Crippen molar-refractivity contribution < 1.29 is 23.2 Å². The monoisotopic (exact) mass is 509 g/mol. The standard InChI is InChI=1S/C25H23N3O5S2/c1-16-14-17(22-7-5-13-34-22)15-20(24(29)27-30)23(16)28(2)21-6-4-12-26-25(21)35(31,32)19-10-8-18(33-3)9-11-19/h4-15,30H,1-3H3,(H,27,29). The first kappa shape index (κ1) is 24.4. The number of sulfone groups is 1. The molecule has 4 rings (SSSR count). The summed E-state index contributed by atoms with van der Waals surface area (Å²) in [5.74, 6) is -0.180. The second-order valence-electron chi connectivity index (χ2n) is 7.67. The van der Waals surface area contributed by atoms with E-state index in [1.54, 1.807) is 47.8 Å². The van der Waals surface area contributed by atoms with Gasteiger partial charge in [-0.3, -0.25) is 10.0 Å². The Morgan fingerprint density at radius 1 is 1.11 bits per heavy atom. The van der Waals surface area contributed by atoms with Gasteiger partial charge >= 0.3 is 0 Å². The van der Waals surface area contributed by atoms with Gasteiger partial charge in [0.05, 0.1) is 28.9 Å². The smallest absolute Gasteiger partial charge is 0.276 e. The maximum atomic E-state index is 13.5. The van der Waals surface area contributed by atoms with Crippen LogP contribution in [0.4, 0.5) is 11.4 Å². The molecule has 0 aliphatic carbocycles. The predicted molar refractivity (Wildman–Crippen MR) is 134 cm³/mol. The highest BCUT2D eigenvalue weighted by Gasteiger charge is 2.28. The Morgan fingerprint density at radius 3 is 2.49 bits per heavy atom. The van der Waals surface area contributed by atoms with Gasteiger partial charge in [0.15, 0.2) is 5.03 Å². The molecule has 10 heteroatoms. The van der Waals surface area contributed by atoms with Crippen molar-refractivity contribution in [3.05, 3.63) is 83.4 Å². The summed E-state index contributed by atoms with van der Waals surface area (Å²) in [6, 6.07) is 16.7. The van der Waals surface area contributed by atoms with Gasteiger partial charge in [-0.1, -0.05) is 6.07 Å². The fourth-order valence-electron chi connectivity index (χ4n) is 3.87. The fraction of sp³-hybridized carbons (Fsp3) is 0.120. The number of anilines is 2. The third kappa shape index (κ3) is 4.63. The largest absolute Gasteiger partial charge is 0.497 e. The summed E-state index contributed by atoms with van der Waals surface area (Å²) in [7, 11) is -0.840. The van der Waals surface area contributed by atoms with Gasteiger partial charge in [-0.15, -0.1) is 11.3 Å². The number of nitrogens with zero attached hydrogens (tertiary/aromatic N) is 2. The third-order valence-electron chi connectivity index (χ3n) is 5.52. The molecule has 2 aromatic heterocycles. The molecule has 8 nitrogen and oxygen atoms in total. The van der Waals surface area contributed by atoms with Gasteiger partial charge in [-0.25, -0.2) is 18.9 Å². The molecule has 2 heterocycles. The van der Waals surface area contributed by atoms with Crippen LogP contribution in [0.2, 0.25) is 0 Å². The van der Waals surface area contributed by atoms with E-state index in [9.17, 15) is 18.4 Å². The van der Waals surface area contributed by atoms with E-state index in [1.165, 1.54) is 36.8 Å². The lowest BCUT2D eigenvalue weighted by Crippen LogP contribution is -2.24. The van der Waals surface area contributed by atoms with Crippen molar-refractivity contribution in [2.24, 2.45) is 0 Å². The number of rotatable bonds is 7. The Balaban J connectivity index is 1.86. The Kier molecular flexibility index (Phi) is 6.88. The number of pyridine rings is 1. The number of nitrogens with one attached hydrogen (secondary N) is 1. The molecule has 2 N–H and O–H groups in total. The van der Waals surface area contributed by atoms with E-state index in [4.69, 9.17) is 4.74 Å². The van der Waals surface area contributed by atoms with E-state index in [0.29, 0.717) is 17.0 Å². The molecule has 0 aliphatic rings. The molecular weight excluding hydrogens is 486 g/mol. The van der Waals surface area contributed by atoms with Gasteiger partial charge in [0, 0.05) is 18.1 Å². The molecule has 0 bridgehead atoms. The molecule has 0 unspecified atom stereocenters. The van der Waals surface area contributed by atoms with Crippen molar-refractivity contribution in [1.82, 2.24) is 10.5 Å². The second kappa shape index (κ2) is 9.87. The predicted octanol–water partition coefficient (Wildman–Crippen LogP) is 4.85. The number of benzene rings is 2. The van der Waals surface area contributed by atoms with E-state index >= 15 is 0 Å². The molecule has 0 saturated carbocycles. The van der Waals surface area contributed by atoms with Crippen LogP contribution < -0.4 is 15.1 Å². The van der Waals surface area contributed by atoms with E-state index < -0.39 is 15.7 Å². The van der Waals surface area contributed by atoms with Crippen LogP contribution in [0, 0.1) is 6.92 Å². The number of carbonyl (C=O) groups is 1. The number of ether oxygens (including phenoxy) is 1. The lowest BCUT2D eigenvalue weighted by molar-refractivity contribution is 0.0707. The molecule has 1 amide bonds. The summed E-state index contributed by atoms with van der Waals surface area (Å²) in [6.45, 7) is 1.82. The zero-order valence-electron chi connectivity index (χ0n) is 19.2. The molecule has 0 spiro atoms. The molecule has 4 aromatic rings. The number of hydrogen-bond donors (Lipinski definition) is 2. The highest BCUT2D eigenvalue weighted by Crippen LogP contribution is 2.38. The van der Waals surface area contributed by atoms with Gasteiger partial charge in [0.1, 0.15) is 5.75 Å².